The summed E-state index contributed by atoms with van der Waals surface area (Å²) < 4.78 is 3.16. The van der Waals surface area contributed by atoms with Crippen LogP contribution in [-0.2, 0) is 13.1 Å². The first kappa shape index (κ1) is 13.6. The van der Waals surface area contributed by atoms with Gasteiger partial charge in [-0.05, 0) is 37.5 Å². The third-order valence-corrected chi connectivity index (χ3v) is 3.54. The molecule has 1 atom stereocenters. The van der Waals surface area contributed by atoms with Crippen molar-refractivity contribution in [1.82, 2.24) is 9.13 Å². The van der Waals surface area contributed by atoms with E-state index in [1.807, 2.05) is 39.0 Å². The molecule has 2 aromatic rings. The Labute approximate surface area is 112 Å². The van der Waals surface area contributed by atoms with Gasteiger partial charge in [-0.25, -0.2) is 4.79 Å². The molecule has 0 bridgehead atoms. The second-order valence-electron chi connectivity index (χ2n) is 4.88. The van der Waals surface area contributed by atoms with E-state index in [9.17, 15) is 9.90 Å². The Morgan fingerprint density at radius 3 is 2.42 bits per heavy atom. The zero-order chi connectivity index (χ0) is 14.0. The fourth-order valence-corrected chi connectivity index (χ4v) is 2.10. The van der Waals surface area contributed by atoms with Gasteiger partial charge >= 0.3 is 5.69 Å². The van der Waals surface area contributed by atoms with Crippen molar-refractivity contribution in [3.63, 3.8) is 0 Å². The lowest BCUT2D eigenvalue weighted by atomic mass is 10.0. The monoisotopic (exact) mass is 260 g/mol. The van der Waals surface area contributed by atoms with Crippen LogP contribution in [-0.4, -0.2) is 14.2 Å². The highest BCUT2D eigenvalue weighted by Gasteiger charge is 2.11. The average molecular weight is 260 g/mol. The van der Waals surface area contributed by atoms with E-state index in [4.69, 9.17) is 0 Å². The van der Waals surface area contributed by atoms with E-state index in [-0.39, 0.29) is 12.2 Å². The van der Waals surface area contributed by atoms with Gasteiger partial charge in [-0.15, -0.1) is 0 Å². The number of hydrogen-bond acceptors (Lipinski definition) is 2. The van der Waals surface area contributed by atoms with Gasteiger partial charge in [-0.2, -0.15) is 0 Å². The van der Waals surface area contributed by atoms with Crippen LogP contribution in [0.3, 0.4) is 0 Å². The molecule has 1 aromatic heterocycles. The summed E-state index contributed by atoms with van der Waals surface area (Å²) in [5.41, 5.74) is 3.12. The van der Waals surface area contributed by atoms with Crippen LogP contribution < -0.4 is 5.69 Å². The number of imidazole rings is 1. The Morgan fingerprint density at radius 2 is 1.84 bits per heavy atom. The van der Waals surface area contributed by atoms with E-state index in [0.29, 0.717) is 6.54 Å². The first-order chi connectivity index (χ1) is 9.02. The predicted octanol–water partition coefficient (Wildman–Crippen LogP) is 2.02. The summed E-state index contributed by atoms with van der Waals surface area (Å²) in [4.78, 5) is 11.9. The maximum Gasteiger partial charge on any atom is 0.328 e. The van der Waals surface area contributed by atoms with Crippen molar-refractivity contribution in [3.8, 4) is 0 Å². The number of hydrogen-bond donors (Lipinski definition) is 1. The lowest BCUT2D eigenvalue weighted by molar-refractivity contribution is 0.155. The number of aliphatic hydroxyl groups excluding tert-OH is 1. The maximum atomic E-state index is 11.9. The van der Waals surface area contributed by atoms with Crippen LogP contribution in [0.1, 0.15) is 29.7 Å². The average Bonchev–Trinajstić information content (AvgIpc) is 2.73. The van der Waals surface area contributed by atoms with Gasteiger partial charge in [-0.1, -0.05) is 18.2 Å². The summed E-state index contributed by atoms with van der Waals surface area (Å²) in [6.07, 6.45) is 2.80. The molecule has 0 spiro atoms. The van der Waals surface area contributed by atoms with Crippen molar-refractivity contribution >= 4 is 0 Å². The molecule has 1 unspecified atom stereocenters. The highest BCUT2D eigenvalue weighted by molar-refractivity contribution is 5.31. The van der Waals surface area contributed by atoms with Gasteiger partial charge in [-0.3, -0.25) is 9.13 Å². The lowest BCUT2D eigenvalue weighted by Gasteiger charge is -2.13. The van der Waals surface area contributed by atoms with Crippen molar-refractivity contribution in [2.24, 2.45) is 0 Å². The first-order valence-electron chi connectivity index (χ1n) is 6.53. The van der Waals surface area contributed by atoms with Crippen LogP contribution in [0.4, 0.5) is 0 Å². The molecule has 2 rings (SSSR count). The van der Waals surface area contributed by atoms with Crippen molar-refractivity contribution < 1.29 is 5.11 Å². The molecule has 4 nitrogen and oxygen atoms in total. The smallest absolute Gasteiger partial charge is 0.328 e. The topological polar surface area (TPSA) is 47.2 Å². The summed E-state index contributed by atoms with van der Waals surface area (Å²) in [6, 6.07) is 5.88. The highest BCUT2D eigenvalue weighted by Crippen LogP contribution is 2.18. The van der Waals surface area contributed by atoms with Crippen LogP contribution in [0.2, 0.25) is 0 Å². The van der Waals surface area contributed by atoms with E-state index < -0.39 is 6.10 Å². The van der Waals surface area contributed by atoms with E-state index in [0.717, 1.165) is 11.1 Å². The second-order valence-corrected chi connectivity index (χ2v) is 4.88. The van der Waals surface area contributed by atoms with Crippen LogP contribution >= 0.6 is 0 Å². The zero-order valence-corrected chi connectivity index (χ0v) is 11.6. The number of aryl methyl sites for hydroxylation is 3. The highest BCUT2D eigenvalue weighted by atomic mass is 16.3. The largest absolute Gasteiger partial charge is 0.387 e. The molecule has 4 heteroatoms. The number of rotatable bonds is 4. The summed E-state index contributed by atoms with van der Waals surface area (Å²) in [7, 11) is 0. The fraction of sp³-hybridized carbons (Fsp3) is 0.400. The third-order valence-electron chi connectivity index (χ3n) is 3.54. The fourth-order valence-electron chi connectivity index (χ4n) is 2.10. The standard InChI is InChI=1S/C15H20N2O2/c1-4-16-7-8-17(15(16)19)10-14(18)13-6-5-11(2)12(3)9-13/h5-9,14,18H,4,10H2,1-3H3. The number of nitrogens with zero attached hydrogens (tertiary/aromatic N) is 2. The van der Waals surface area contributed by atoms with Crippen LogP contribution in [0, 0.1) is 13.8 Å². The summed E-state index contributed by atoms with van der Waals surface area (Å²) in [6.45, 7) is 6.91. The van der Waals surface area contributed by atoms with Gasteiger partial charge in [0.05, 0.1) is 12.6 Å². The molecule has 0 fully saturated rings. The van der Waals surface area contributed by atoms with E-state index in [1.54, 1.807) is 21.5 Å². The number of aliphatic hydroxyl groups is 1. The molecule has 0 saturated carbocycles. The quantitative estimate of drug-likeness (QED) is 0.914. The van der Waals surface area contributed by atoms with Crippen molar-refractivity contribution in [2.75, 3.05) is 0 Å². The molecule has 19 heavy (non-hydrogen) atoms. The molecule has 0 aliphatic heterocycles. The molecular weight excluding hydrogens is 240 g/mol. The third kappa shape index (κ3) is 2.79. The lowest BCUT2D eigenvalue weighted by Crippen LogP contribution is -2.25. The Balaban J connectivity index is 2.20. The minimum Gasteiger partial charge on any atom is -0.387 e. The van der Waals surface area contributed by atoms with Gasteiger partial charge in [0.2, 0.25) is 0 Å². The summed E-state index contributed by atoms with van der Waals surface area (Å²) in [5, 5.41) is 10.2. The molecular formula is C15H20N2O2. The molecule has 1 aromatic carbocycles. The van der Waals surface area contributed by atoms with E-state index in [2.05, 4.69) is 0 Å². The minimum absolute atomic E-state index is 0.0783. The molecule has 102 valence electrons. The first-order valence-corrected chi connectivity index (χ1v) is 6.53. The Hall–Kier alpha value is -1.81. The molecule has 0 radical (unpaired) electrons. The van der Waals surface area contributed by atoms with E-state index >= 15 is 0 Å². The SMILES string of the molecule is CCn1ccn(CC(O)c2ccc(C)c(C)c2)c1=O. The van der Waals surface area contributed by atoms with Gasteiger partial charge < -0.3 is 5.11 Å². The normalized spacial score (nSPS) is 12.6. The minimum atomic E-state index is -0.662. The Kier molecular flexibility index (Phi) is 3.90. The van der Waals surface area contributed by atoms with Crippen LogP contribution in [0.15, 0.2) is 35.4 Å². The van der Waals surface area contributed by atoms with Crippen molar-refractivity contribution in [1.29, 1.82) is 0 Å². The zero-order valence-electron chi connectivity index (χ0n) is 11.6. The van der Waals surface area contributed by atoms with Crippen LogP contribution in [0.5, 0.6) is 0 Å². The molecule has 1 heterocycles. The summed E-state index contributed by atoms with van der Waals surface area (Å²) in [5.74, 6) is 0. The predicted molar refractivity (Wildman–Crippen MR) is 75.2 cm³/mol. The molecule has 1 N–H and O–H groups in total. The molecule has 0 aliphatic carbocycles. The molecule has 0 amide bonds. The van der Waals surface area contributed by atoms with Crippen molar-refractivity contribution in [2.45, 2.75) is 40.0 Å². The maximum absolute atomic E-state index is 11.9. The van der Waals surface area contributed by atoms with Crippen LogP contribution in [0.25, 0.3) is 0 Å². The Bertz CT molecular complexity index is 625. The van der Waals surface area contributed by atoms with Gasteiger partial charge in [0.25, 0.3) is 0 Å². The number of benzene rings is 1. The molecule has 0 saturated heterocycles. The second kappa shape index (κ2) is 5.45. The van der Waals surface area contributed by atoms with Gasteiger partial charge in [0, 0.05) is 18.9 Å². The number of aromatic nitrogens is 2. The van der Waals surface area contributed by atoms with Gasteiger partial charge in [0.15, 0.2) is 0 Å². The van der Waals surface area contributed by atoms with Gasteiger partial charge in [0.1, 0.15) is 0 Å². The Morgan fingerprint density at radius 1 is 1.16 bits per heavy atom. The van der Waals surface area contributed by atoms with E-state index in [1.165, 1.54) is 5.56 Å². The van der Waals surface area contributed by atoms with Crippen molar-refractivity contribution in [3.05, 3.63) is 57.8 Å². The summed E-state index contributed by atoms with van der Waals surface area (Å²) >= 11 is 0. The molecule has 0 aliphatic rings.